The van der Waals surface area contributed by atoms with E-state index in [4.69, 9.17) is 23.9 Å². The molecule has 3 aromatic rings. The number of aliphatic imine (C=N–C) groups is 1. The Hall–Kier alpha value is -2.74. The Balaban J connectivity index is 0.00000149. The van der Waals surface area contributed by atoms with Gasteiger partial charge in [-0.3, -0.25) is 4.99 Å². The number of ether oxygens (including phenoxy) is 4. The highest BCUT2D eigenvalue weighted by Crippen LogP contribution is 2.34. The topological polar surface area (TPSA) is 49.3 Å². The fourth-order valence-corrected chi connectivity index (χ4v) is 3.81. The van der Waals surface area contributed by atoms with Gasteiger partial charge in [0.1, 0.15) is 6.61 Å². The largest absolute Gasteiger partial charge is 0.493 e. The number of rotatable bonds is 8. The zero-order chi connectivity index (χ0) is 23.6. The maximum Gasteiger partial charge on any atom is 0.161 e. The van der Waals surface area contributed by atoms with E-state index >= 15 is 0 Å². The Bertz CT molecular complexity index is 1080. The molecule has 0 saturated carbocycles. The highest BCUT2D eigenvalue weighted by molar-refractivity contribution is 14.1. The van der Waals surface area contributed by atoms with Gasteiger partial charge < -0.3 is 18.9 Å². The first-order valence-electron chi connectivity index (χ1n) is 10.7. The summed E-state index contributed by atoms with van der Waals surface area (Å²) in [5.74, 6) is 2.92. The smallest absolute Gasteiger partial charge is 0.161 e. The monoisotopic (exact) mass is 559 g/mol. The third-order valence-corrected chi connectivity index (χ3v) is 5.44. The van der Waals surface area contributed by atoms with E-state index in [1.807, 2.05) is 53.5 Å². The fraction of sp³-hybridized carbons (Fsp3) is 0.296. The van der Waals surface area contributed by atoms with Gasteiger partial charge in [0.15, 0.2) is 23.0 Å². The molecule has 174 valence electrons. The molecule has 3 aromatic carbocycles. The van der Waals surface area contributed by atoms with E-state index in [1.54, 1.807) is 21.3 Å². The average molecular weight is 559 g/mol. The van der Waals surface area contributed by atoms with Gasteiger partial charge in [0, 0.05) is 24.2 Å². The van der Waals surface area contributed by atoms with E-state index in [0.29, 0.717) is 13.0 Å². The lowest BCUT2D eigenvalue weighted by Gasteiger charge is -2.20. The van der Waals surface area contributed by atoms with Crippen molar-refractivity contribution in [3.05, 3.63) is 82.9 Å². The second-order valence-corrected chi connectivity index (χ2v) is 7.38. The summed E-state index contributed by atoms with van der Waals surface area (Å²) in [6.45, 7) is 1.27. The first-order valence-corrected chi connectivity index (χ1v) is 12.9. The lowest BCUT2D eigenvalue weighted by atomic mass is 9.93. The van der Waals surface area contributed by atoms with E-state index < -0.39 is 0 Å². The van der Waals surface area contributed by atoms with Crippen LogP contribution in [0.2, 0.25) is 0 Å². The van der Waals surface area contributed by atoms with Crippen LogP contribution in [0.15, 0.2) is 65.7 Å². The van der Waals surface area contributed by atoms with Crippen LogP contribution in [0, 0.1) is 0 Å². The highest BCUT2D eigenvalue weighted by atomic mass is 127. The summed E-state index contributed by atoms with van der Waals surface area (Å²) in [6.07, 6.45) is 1.60. The predicted octanol–water partition coefficient (Wildman–Crippen LogP) is 5.93. The van der Waals surface area contributed by atoms with Crippen LogP contribution in [0.4, 0.5) is 0 Å². The molecule has 1 aliphatic rings. The molecule has 33 heavy (non-hydrogen) atoms. The zero-order valence-electron chi connectivity index (χ0n) is 19.6. The molecule has 0 fully saturated rings. The summed E-state index contributed by atoms with van der Waals surface area (Å²) in [5.41, 5.74) is 5.63. The minimum absolute atomic E-state index is 0.498. The van der Waals surface area contributed by atoms with Gasteiger partial charge in [-0.15, -0.1) is 0 Å². The number of halogens is 1. The molecule has 0 atom stereocenters. The molecule has 0 N–H and O–H groups in total. The summed E-state index contributed by atoms with van der Waals surface area (Å²) in [4.78, 5) is 6.77. The van der Waals surface area contributed by atoms with Crippen LogP contribution >= 0.6 is 22.6 Å². The molecule has 0 unspecified atom stereocenters. The molecule has 0 aliphatic carbocycles. The minimum atomic E-state index is 0.498. The van der Waals surface area contributed by atoms with Gasteiger partial charge in [-0.1, -0.05) is 59.0 Å². The van der Waals surface area contributed by atoms with Crippen LogP contribution in [0.5, 0.6) is 23.0 Å². The number of fused-ring (bicyclic) bond motifs is 1. The molecule has 0 spiro atoms. The number of methoxy groups -OCH3 is 3. The van der Waals surface area contributed by atoms with Crippen molar-refractivity contribution in [3.63, 3.8) is 0 Å². The van der Waals surface area contributed by atoms with E-state index in [1.165, 1.54) is 5.56 Å². The van der Waals surface area contributed by atoms with Crippen LogP contribution in [-0.2, 0) is 19.4 Å². The molecule has 1 aliphatic heterocycles. The van der Waals surface area contributed by atoms with Crippen molar-refractivity contribution in [2.24, 2.45) is 4.99 Å². The van der Waals surface area contributed by atoms with Crippen molar-refractivity contribution >= 4 is 28.3 Å². The van der Waals surface area contributed by atoms with E-state index in [0.717, 1.165) is 58.4 Å². The van der Waals surface area contributed by atoms with Gasteiger partial charge >= 0.3 is 0 Å². The minimum Gasteiger partial charge on any atom is -0.493 e. The Labute approximate surface area is 209 Å². The Morgan fingerprint density at radius 2 is 1.42 bits per heavy atom. The average Bonchev–Trinajstić information content (AvgIpc) is 2.89. The lowest BCUT2D eigenvalue weighted by Crippen LogP contribution is -2.16. The van der Waals surface area contributed by atoms with Gasteiger partial charge in [-0.25, -0.2) is 0 Å². The van der Waals surface area contributed by atoms with E-state index in [9.17, 15) is 0 Å². The van der Waals surface area contributed by atoms with E-state index in [-0.39, 0.29) is 0 Å². The standard InChI is InChI=1S/C26H27NO4.CH3I/c1-28-24-14-19(9-10-23(24)31-17-18-7-5-4-6-8-18)13-22-21-16-26(30-3)25(29-2)15-20(21)11-12-27-22;1-2/h4-10,14-16H,11-13,17H2,1-3H3;1H3. The third kappa shape index (κ3) is 6.19. The van der Waals surface area contributed by atoms with Crippen molar-refractivity contribution in [2.75, 3.05) is 32.8 Å². The molecule has 0 aromatic heterocycles. The lowest BCUT2D eigenvalue weighted by molar-refractivity contribution is 0.284. The molecule has 0 bridgehead atoms. The number of nitrogens with zero attached hydrogens (tertiary/aromatic N) is 1. The van der Waals surface area contributed by atoms with Gasteiger partial charge in [0.2, 0.25) is 0 Å². The molecular weight excluding hydrogens is 529 g/mol. The molecule has 0 radical (unpaired) electrons. The molecule has 0 amide bonds. The molecule has 5 nitrogen and oxygen atoms in total. The summed E-state index contributed by atoms with van der Waals surface area (Å²) in [7, 11) is 4.98. The van der Waals surface area contributed by atoms with Crippen LogP contribution < -0.4 is 18.9 Å². The number of hydrogen-bond donors (Lipinski definition) is 0. The van der Waals surface area contributed by atoms with Crippen molar-refractivity contribution in [1.29, 1.82) is 0 Å². The van der Waals surface area contributed by atoms with Gasteiger partial charge in [0.25, 0.3) is 0 Å². The third-order valence-electron chi connectivity index (χ3n) is 5.44. The SMILES string of the molecule is CI.COc1cc2c(cc1OC)C(Cc1ccc(OCc3ccccc3)c(OC)c1)=NCC2. The molecule has 6 heteroatoms. The number of hydrogen-bond acceptors (Lipinski definition) is 5. The molecular formula is C27H30INO4. The Morgan fingerprint density at radius 3 is 2.12 bits per heavy atom. The van der Waals surface area contributed by atoms with Crippen molar-refractivity contribution < 1.29 is 18.9 Å². The maximum absolute atomic E-state index is 5.99. The zero-order valence-corrected chi connectivity index (χ0v) is 21.7. The van der Waals surface area contributed by atoms with Crippen molar-refractivity contribution in [1.82, 2.24) is 0 Å². The normalized spacial score (nSPS) is 12.0. The Morgan fingerprint density at radius 1 is 0.758 bits per heavy atom. The highest BCUT2D eigenvalue weighted by Gasteiger charge is 2.19. The van der Waals surface area contributed by atoms with Gasteiger partial charge in [-0.05, 0) is 52.3 Å². The van der Waals surface area contributed by atoms with E-state index in [2.05, 4.69) is 34.7 Å². The fourth-order valence-electron chi connectivity index (χ4n) is 3.81. The first-order chi connectivity index (χ1) is 16.2. The summed E-state index contributed by atoms with van der Waals surface area (Å²) < 4.78 is 22.5. The number of alkyl halides is 1. The summed E-state index contributed by atoms with van der Waals surface area (Å²) >= 11 is 2.15. The summed E-state index contributed by atoms with van der Waals surface area (Å²) in [6, 6.07) is 20.2. The van der Waals surface area contributed by atoms with Gasteiger partial charge in [-0.2, -0.15) is 0 Å². The van der Waals surface area contributed by atoms with Crippen LogP contribution in [-0.4, -0.2) is 38.5 Å². The molecule has 1 heterocycles. The number of benzene rings is 3. The molecule has 4 rings (SSSR count). The first kappa shape index (κ1) is 24.9. The van der Waals surface area contributed by atoms with Crippen LogP contribution in [0.1, 0.15) is 22.3 Å². The summed E-state index contributed by atoms with van der Waals surface area (Å²) in [5, 5.41) is 0. The van der Waals surface area contributed by atoms with Gasteiger partial charge in [0.05, 0.1) is 21.3 Å². The van der Waals surface area contributed by atoms with Crippen molar-refractivity contribution in [3.8, 4) is 23.0 Å². The van der Waals surface area contributed by atoms with Crippen LogP contribution in [0.25, 0.3) is 0 Å². The second-order valence-electron chi connectivity index (χ2n) is 7.38. The molecule has 0 saturated heterocycles. The van der Waals surface area contributed by atoms with Crippen molar-refractivity contribution in [2.45, 2.75) is 19.4 Å². The Kier molecular flexibility index (Phi) is 9.42. The second kappa shape index (κ2) is 12.5. The maximum atomic E-state index is 5.99. The quantitative estimate of drug-likeness (QED) is 0.254. The predicted molar refractivity (Wildman–Crippen MR) is 142 cm³/mol. The van der Waals surface area contributed by atoms with Crippen LogP contribution in [0.3, 0.4) is 0 Å².